The third kappa shape index (κ3) is 7.91. The standard InChI is InChI=1S/C19H37Cl/c1-2-3-4-5-6-7-8-9-10-12-15-19(18-20)16-13-11-14-17-19/h2-18H2,1H3. The van der Waals surface area contributed by atoms with Crippen LogP contribution in [0.5, 0.6) is 0 Å². The SMILES string of the molecule is CCCCCCCCCCCCC1(CCl)CCCCC1. The van der Waals surface area contributed by atoms with Crippen LogP contribution in [0.2, 0.25) is 0 Å². The van der Waals surface area contributed by atoms with Gasteiger partial charge in [-0.1, -0.05) is 90.4 Å². The van der Waals surface area contributed by atoms with Crippen LogP contribution in [0.25, 0.3) is 0 Å². The molecule has 0 bridgehead atoms. The third-order valence-electron chi connectivity index (χ3n) is 5.26. The first-order valence-corrected chi connectivity index (χ1v) is 9.92. The lowest BCUT2D eigenvalue weighted by Gasteiger charge is -2.35. The Morgan fingerprint density at radius 1 is 0.700 bits per heavy atom. The Kier molecular flexibility index (Phi) is 10.9. The molecule has 0 saturated heterocycles. The van der Waals surface area contributed by atoms with E-state index in [1.807, 2.05) is 0 Å². The van der Waals surface area contributed by atoms with Gasteiger partial charge in [-0.25, -0.2) is 0 Å². The minimum absolute atomic E-state index is 0.528. The molecule has 1 fully saturated rings. The highest BCUT2D eigenvalue weighted by molar-refractivity contribution is 6.18. The number of halogens is 1. The van der Waals surface area contributed by atoms with E-state index in [9.17, 15) is 0 Å². The Morgan fingerprint density at radius 3 is 1.70 bits per heavy atom. The molecule has 1 saturated carbocycles. The quantitative estimate of drug-likeness (QED) is 0.259. The lowest BCUT2D eigenvalue weighted by atomic mass is 9.72. The van der Waals surface area contributed by atoms with Crippen molar-refractivity contribution in [2.24, 2.45) is 5.41 Å². The maximum Gasteiger partial charge on any atom is 0.0279 e. The van der Waals surface area contributed by atoms with Crippen molar-refractivity contribution < 1.29 is 0 Å². The molecule has 0 radical (unpaired) electrons. The van der Waals surface area contributed by atoms with Crippen molar-refractivity contribution >= 4 is 11.6 Å². The second kappa shape index (κ2) is 11.9. The minimum Gasteiger partial charge on any atom is -0.126 e. The molecule has 1 rings (SSSR count). The van der Waals surface area contributed by atoms with E-state index in [2.05, 4.69) is 6.92 Å². The molecule has 120 valence electrons. The van der Waals surface area contributed by atoms with E-state index in [0.717, 1.165) is 5.88 Å². The third-order valence-corrected chi connectivity index (χ3v) is 5.83. The molecular weight excluding hydrogens is 264 g/mol. The van der Waals surface area contributed by atoms with Crippen molar-refractivity contribution in [3.05, 3.63) is 0 Å². The smallest absolute Gasteiger partial charge is 0.0279 e. The summed E-state index contributed by atoms with van der Waals surface area (Å²) in [5.74, 6) is 0.907. The first-order valence-electron chi connectivity index (χ1n) is 9.39. The van der Waals surface area contributed by atoms with Gasteiger partial charge < -0.3 is 0 Å². The van der Waals surface area contributed by atoms with Gasteiger partial charge in [-0.15, -0.1) is 11.6 Å². The molecule has 0 aromatic heterocycles. The maximum absolute atomic E-state index is 6.26. The Hall–Kier alpha value is 0.290. The van der Waals surface area contributed by atoms with E-state index in [1.54, 1.807) is 0 Å². The van der Waals surface area contributed by atoms with Crippen LogP contribution in [0, 0.1) is 5.41 Å². The zero-order valence-corrected chi connectivity index (χ0v) is 14.7. The Labute approximate surface area is 133 Å². The average molecular weight is 301 g/mol. The van der Waals surface area contributed by atoms with E-state index in [-0.39, 0.29) is 0 Å². The van der Waals surface area contributed by atoms with Gasteiger partial charge in [0.2, 0.25) is 0 Å². The molecule has 1 aliphatic carbocycles. The van der Waals surface area contributed by atoms with Crippen LogP contribution in [-0.4, -0.2) is 5.88 Å². The van der Waals surface area contributed by atoms with E-state index in [4.69, 9.17) is 11.6 Å². The van der Waals surface area contributed by atoms with Gasteiger partial charge in [0, 0.05) is 5.88 Å². The number of hydrogen-bond acceptors (Lipinski definition) is 0. The van der Waals surface area contributed by atoms with E-state index >= 15 is 0 Å². The molecule has 0 nitrogen and oxygen atoms in total. The summed E-state index contributed by atoms with van der Waals surface area (Å²) in [6.45, 7) is 2.29. The normalized spacial score (nSPS) is 18.3. The maximum atomic E-state index is 6.26. The molecule has 0 atom stereocenters. The summed E-state index contributed by atoms with van der Waals surface area (Å²) in [6.07, 6.45) is 22.9. The molecule has 1 heteroatoms. The van der Waals surface area contributed by atoms with Gasteiger partial charge >= 0.3 is 0 Å². The van der Waals surface area contributed by atoms with Crippen molar-refractivity contribution in [1.82, 2.24) is 0 Å². The molecule has 0 aliphatic heterocycles. The second-order valence-corrected chi connectivity index (χ2v) is 7.39. The average Bonchev–Trinajstić information content (AvgIpc) is 2.50. The van der Waals surface area contributed by atoms with Gasteiger partial charge in [-0.2, -0.15) is 0 Å². The molecule has 0 unspecified atom stereocenters. The van der Waals surface area contributed by atoms with Gasteiger partial charge in [-0.05, 0) is 24.7 Å². The minimum atomic E-state index is 0.528. The Bertz CT molecular complexity index is 206. The van der Waals surface area contributed by atoms with E-state index < -0.39 is 0 Å². The molecule has 0 amide bonds. The van der Waals surface area contributed by atoms with Crippen molar-refractivity contribution in [2.75, 3.05) is 5.88 Å². The molecule has 1 aliphatic rings. The molecular formula is C19H37Cl. The lowest BCUT2D eigenvalue weighted by molar-refractivity contribution is 0.197. The fraction of sp³-hybridized carbons (Fsp3) is 1.00. The van der Waals surface area contributed by atoms with Crippen LogP contribution in [0.4, 0.5) is 0 Å². The van der Waals surface area contributed by atoms with Crippen LogP contribution in [-0.2, 0) is 0 Å². The monoisotopic (exact) mass is 300 g/mol. The van der Waals surface area contributed by atoms with Gasteiger partial charge in [0.05, 0.1) is 0 Å². The first kappa shape index (κ1) is 18.3. The summed E-state index contributed by atoms with van der Waals surface area (Å²) < 4.78 is 0. The van der Waals surface area contributed by atoms with Crippen molar-refractivity contribution in [3.63, 3.8) is 0 Å². The topological polar surface area (TPSA) is 0 Å². The fourth-order valence-corrected chi connectivity index (χ4v) is 4.14. The first-order chi connectivity index (χ1) is 9.83. The highest BCUT2D eigenvalue weighted by Gasteiger charge is 2.30. The molecule has 0 heterocycles. The van der Waals surface area contributed by atoms with Crippen LogP contribution in [0.3, 0.4) is 0 Å². The number of alkyl halides is 1. The predicted molar refractivity (Wildman–Crippen MR) is 92.7 cm³/mol. The van der Waals surface area contributed by atoms with Gasteiger partial charge in [-0.3, -0.25) is 0 Å². The Balaban J connectivity index is 1.91. The summed E-state index contributed by atoms with van der Waals surface area (Å²) in [7, 11) is 0. The lowest BCUT2D eigenvalue weighted by Crippen LogP contribution is -2.25. The van der Waals surface area contributed by atoms with Gasteiger partial charge in [0.15, 0.2) is 0 Å². The van der Waals surface area contributed by atoms with Crippen molar-refractivity contribution in [3.8, 4) is 0 Å². The molecule has 0 spiro atoms. The summed E-state index contributed by atoms with van der Waals surface area (Å²) in [5, 5.41) is 0. The zero-order valence-electron chi connectivity index (χ0n) is 13.9. The summed E-state index contributed by atoms with van der Waals surface area (Å²) in [5.41, 5.74) is 0.528. The predicted octanol–water partition coefficient (Wildman–Crippen LogP) is 7.49. The fourth-order valence-electron chi connectivity index (χ4n) is 3.74. The van der Waals surface area contributed by atoms with E-state index in [1.165, 1.54) is 103 Å². The summed E-state index contributed by atoms with van der Waals surface area (Å²) >= 11 is 6.26. The molecule has 0 aromatic rings. The van der Waals surface area contributed by atoms with Crippen LogP contribution in [0.1, 0.15) is 110 Å². The van der Waals surface area contributed by atoms with Gasteiger partial charge in [0.1, 0.15) is 0 Å². The summed E-state index contributed by atoms with van der Waals surface area (Å²) in [4.78, 5) is 0. The largest absolute Gasteiger partial charge is 0.126 e. The van der Waals surface area contributed by atoms with Crippen molar-refractivity contribution in [2.45, 2.75) is 110 Å². The number of rotatable bonds is 12. The van der Waals surface area contributed by atoms with Crippen molar-refractivity contribution in [1.29, 1.82) is 0 Å². The van der Waals surface area contributed by atoms with Crippen LogP contribution >= 0.6 is 11.6 Å². The highest BCUT2D eigenvalue weighted by Crippen LogP contribution is 2.41. The van der Waals surface area contributed by atoms with Gasteiger partial charge in [0.25, 0.3) is 0 Å². The van der Waals surface area contributed by atoms with E-state index in [0.29, 0.717) is 5.41 Å². The van der Waals surface area contributed by atoms with Crippen LogP contribution in [0.15, 0.2) is 0 Å². The molecule has 0 N–H and O–H groups in total. The Morgan fingerprint density at radius 2 is 1.20 bits per heavy atom. The summed E-state index contributed by atoms with van der Waals surface area (Å²) in [6, 6.07) is 0. The molecule has 20 heavy (non-hydrogen) atoms. The van der Waals surface area contributed by atoms with Crippen LogP contribution < -0.4 is 0 Å². The zero-order chi connectivity index (χ0) is 14.5. The number of unbranched alkanes of at least 4 members (excludes halogenated alkanes) is 9. The molecule has 0 aromatic carbocycles. The number of hydrogen-bond donors (Lipinski definition) is 0. The second-order valence-electron chi connectivity index (χ2n) is 7.13. The highest BCUT2D eigenvalue weighted by atomic mass is 35.5.